The predicted octanol–water partition coefficient (Wildman–Crippen LogP) is 3.31. The minimum atomic E-state index is -0.125. The zero-order chi connectivity index (χ0) is 19.3. The van der Waals surface area contributed by atoms with Gasteiger partial charge in [0.25, 0.3) is 0 Å². The van der Waals surface area contributed by atoms with Crippen molar-refractivity contribution in [3.05, 3.63) is 52.5 Å². The monoisotopic (exact) mass is 413 g/mol. The zero-order valence-electron chi connectivity index (χ0n) is 15.1. The summed E-state index contributed by atoms with van der Waals surface area (Å²) in [4.78, 5) is 31.4. The van der Waals surface area contributed by atoms with Crippen LogP contribution in [-0.4, -0.2) is 39.3 Å². The number of carbonyl (C=O) groups excluding carboxylic acids is 2. The number of rotatable bonds is 7. The lowest BCUT2D eigenvalue weighted by Crippen LogP contribution is -2.23. The second-order valence-electron chi connectivity index (χ2n) is 6.35. The Hall–Kier alpha value is -2.65. The van der Waals surface area contributed by atoms with Crippen molar-refractivity contribution in [3.8, 4) is 0 Å². The molecule has 0 unspecified atom stereocenters. The van der Waals surface area contributed by atoms with Crippen LogP contribution in [0.3, 0.4) is 0 Å². The molecule has 0 aliphatic carbocycles. The molecule has 1 aromatic carbocycles. The van der Waals surface area contributed by atoms with Gasteiger partial charge in [0.2, 0.25) is 17.0 Å². The van der Waals surface area contributed by atoms with E-state index in [4.69, 9.17) is 0 Å². The van der Waals surface area contributed by atoms with E-state index in [0.717, 1.165) is 24.5 Å². The maximum Gasteiger partial charge on any atom is 0.234 e. The second kappa shape index (κ2) is 8.57. The Labute approximate surface area is 170 Å². The van der Waals surface area contributed by atoms with Gasteiger partial charge in [0.05, 0.1) is 5.75 Å². The van der Waals surface area contributed by atoms with Crippen molar-refractivity contribution in [2.24, 2.45) is 0 Å². The molecule has 144 valence electrons. The summed E-state index contributed by atoms with van der Waals surface area (Å²) in [6, 6.07) is 11.4. The quantitative estimate of drug-likeness (QED) is 0.580. The fourth-order valence-corrected chi connectivity index (χ4v) is 4.30. The molecule has 0 spiro atoms. The number of nitrogens with zero attached hydrogens (tertiary/aromatic N) is 3. The fourth-order valence-electron chi connectivity index (χ4n) is 2.97. The highest BCUT2D eigenvalue weighted by molar-refractivity contribution is 7.99. The van der Waals surface area contributed by atoms with E-state index in [9.17, 15) is 9.59 Å². The second-order valence-corrected chi connectivity index (χ2v) is 8.33. The molecule has 4 rings (SSSR count). The molecule has 2 amide bonds. The topological polar surface area (TPSA) is 91.0 Å². The normalized spacial score (nSPS) is 13.9. The molecule has 1 aliphatic heterocycles. The molecule has 3 aromatic rings. The third-order valence-electron chi connectivity index (χ3n) is 4.30. The summed E-state index contributed by atoms with van der Waals surface area (Å²) in [5.74, 6) is 1.04. The number of hydrogen-bond donors (Lipinski definition) is 2. The van der Waals surface area contributed by atoms with E-state index in [0.29, 0.717) is 23.7 Å². The van der Waals surface area contributed by atoms with Gasteiger partial charge in [-0.1, -0.05) is 17.8 Å². The summed E-state index contributed by atoms with van der Waals surface area (Å²) in [5.41, 5.74) is 1.57. The highest BCUT2D eigenvalue weighted by atomic mass is 32.2. The van der Waals surface area contributed by atoms with Crippen molar-refractivity contribution in [2.75, 3.05) is 22.5 Å². The summed E-state index contributed by atoms with van der Waals surface area (Å²) in [7, 11) is 0. The first-order valence-electron chi connectivity index (χ1n) is 8.94. The summed E-state index contributed by atoms with van der Waals surface area (Å²) in [5, 5.41) is 12.5. The Bertz CT molecular complexity index is 953. The minimum absolute atomic E-state index is 0.125. The summed E-state index contributed by atoms with van der Waals surface area (Å²) in [6.45, 7) is 0.756. The Kier molecular flexibility index (Phi) is 5.73. The smallest absolute Gasteiger partial charge is 0.234 e. The van der Waals surface area contributed by atoms with Gasteiger partial charge in [0.1, 0.15) is 5.82 Å². The van der Waals surface area contributed by atoms with Gasteiger partial charge in [-0.25, -0.2) is 4.98 Å². The zero-order valence-corrected chi connectivity index (χ0v) is 16.7. The van der Waals surface area contributed by atoms with E-state index < -0.39 is 0 Å². The van der Waals surface area contributed by atoms with Crippen LogP contribution in [0.1, 0.15) is 23.5 Å². The number of nitrogens with one attached hydrogen (secondary N) is 2. The van der Waals surface area contributed by atoms with Gasteiger partial charge in [-0.2, -0.15) is 0 Å². The first-order valence-corrected chi connectivity index (χ1v) is 10.8. The molecule has 0 bridgehead atoms. The van der Waals surface area contributed by atoms with Crippen molar-refractivity contribution in [1.82, 2.24) is 15.2 Å². The van der Waals surface area contributed by atoms with Gasteiger partial charge in [-0.15, -0.1) is 16.4 Å². The van der Waals surface area contributed by atoms with Crippen LogP contribution in [-0.2, 0) is 16.0 Å². The molecule has 0 atom stereocenters. The molecular weight excluding hydrogens is 394 g/mol. The lowest BCUT2D eigenvalue weighted by atomic mass is 10.2. The van der Waals surface area contributed by atoms with Gasteiger partial charge >= 0.3 is 0 Å². The standard InChI is InChI=1S/C19H19N5O2S2/c25-17(12-28-19-21-16(22-23-19)11-15-3-2-10-27-15)20-13-5-7-14(8-6-13)24-9-1-4-18(24)26/h2-3,5-8,10H,1,4,9,11-12H2,(H,20,25)(H,21,22,23). The number of aromatic nitrogens is 3. The molecule has 3 heterocycles. The minimum Gasteiger partial charge on any atom is -0.325 e. The molecule has 1 aliphatic rings. The van der Waals surface area contributed by atoms with Crippen LogP contribution >= 0.6 is 23.1 Å². The molecular formula is C19H19N5O2S2. The van der Waals surface area contributed by atoms with Crippen LogP contribution in [0, 0.1) is 0 Å². The van der Waals surface area contributed by atoms with Gasteiger partial charge in [0.15, 0.2) is 0 Å². The third kappa shape index (κ3) is 4.60. The fraction of sp³-hybridized carbons (Fsp3) is 0.263. The van der Waals surface area contributed by atoms with Crippen LogP contribution in [0.25, 0.3) is 0 Å². The number of carbonyl (C=O) groups is 2. The molecule has 0 saturated carbocycles. The summed E-state index contributed by atoms with van der Waals surface area (Å²) in [6.07, 6.45) is 2.21. The highest BCUT2D eigenvalue weighted by Gasteiger charge is 2.21. The number of hydrogen-bond acceptors (Lipinski definition) is 6. The number of benzene rings is 1. The van der Waals surface area contributed by atoms with E-state index in [1.54, 1.807) is 16.2 Å². The molecule has 9 heteroatoms. The van der Waals surface area contributed by atoms with Crippen LogP contribution in [0.15, 0.2) is 46.9 Å². The number of amides is 2. The largest absolute Gasteiger partial charge is 0.325 e. The van der Waals surface area contributed by atoms with E-state index >= 15 is 0 Å². The molecule has 28 heavy (non-hydrogen) atoms. The van der Waals surface area contributed by atoms with Gasteiger partial charge < -0.3 is 10.2 Å². The molecule has 0 radical (unpaired) electrons. The Balaban J connectivity index is 1.26. The van der Waals surface area contributed by atoms with E-state index in [-0.39, 0.29) is 17.6 Å². The number of anilines is 2. The first kappa shape index (κ1) is 18.7. The molecule has 1 fully saturated rings. The molecule has 1 saturated heterocycles. The maximum atomic E-state index is 12.2. The van der Waals surface area contributed by atoms with Gasteiger partial charge in [0, 0.05) is 35.6 Å². The average molecular weight is 414 g/mol. The first-order chi connectivity index (χ1) is 13.7. The average Bonchev–Trinajstić information content (AvgIpc) is 3.44. The SMILES string of the molecule is O=C(CSc1n[nH]c(Cc2cccs2)n1)Nc1ccc(N2CCCC2=O)cc1. The molecule has 2 N–H and O–H groups in total. The predicted molar refractivity (Wildman–Crippen MR) is 111 cm³/mol. The highest BCUT2D eigenvalue weighted by Crippen LogP contribution is 2.23. The lowest BCUT2D eigenvalue weighted by molar-refractivity contribution is -0.117. The number of thiophene rings is 1. The number of H-pyrrole nitrogens is 1. The van der Waals surface area contributed by atoms with Gasteiger partial charge in [-0.05, 0) is 42.1 Å². The van der Waals surface area contributed by atoms with Crippen LogP contribution in [0.5, 0.6) is 0 Å². The van der Waals surface area contributed by atoms with Crippen molar-refractivity contribution in [3.63, 3.8) is 0 Å². The Morgan fingerprint density at radius 2 is 2.14 bits per heavy atom. The Morgan fingerprint density at radius 3 is 2.86 bits per heavy atom. The summed E-state index contributed by atoms with van der Waals surface area (Å²) < 4.78 is 0. The van der Waals surface area contributed by atoms with Crippen LogP contribution < -0.4 is 10.2 Å². The lowest BCUT2D eigenvalue weighted by Gasteiger charge is -2.16. The van der Waals surface area contributed by atoms with E-state index in [1.807, 2.05) is 35.7 Å². The Morgan fingerprint density at radius 1 is 1.29 bits per heavy atom. The van der Waals surface area contributed by atoms with E-state index in [2.05, 4.69) is 26.6 Å². The van der Waals surface area contributed by atoms with Gasteiger partial charge in [-0.3, -0.25) is 14.7 Å². The van der Waals surface area contributed by atoms with Crippen molar-refractivity contribution in [1.29, 1.82) is 0 Å². The third-order valence-corrected chi connectivity index (χ3v) is 6.03. The number of aromatic amines is 1. The van der Waals surface area contributed by atoms with E-state index in [1.165, 1.54) is 16.6 Å². The number of thioether (sulfide) groups is 1. The van der Waals surface area contributed by atoms with Crippen LogP contribution in [0.2, 0.25) is 0 Å². The molecule has 2 aromatic heterocycles. The van der Waals surface area contributed by atoms with Crippen molar-refractivity contribution in [2.45, 2.75) is 24.4 Å². The van der Waals surface area contributed by atoms with Crippen molar-refractivity contribution < 1.29 is 9.59 Å². The summed E-state index contributed by atoms with van der Waals surface area (Å²) >= 11 is 2.97. The molecule has 7 nitrogen and oxygen atoms in total. The van der Waals surface area contributed by atoms with Crippen molar-refractivity contribution >= 4 is 46.3 Å². The van der Waals surface area contributed by atoms with Crippen LogP contribution in [0.4, 0.5) is 11.4 Å². The maximum absolute atomic E-state index is 12.2.